The first-order valence-corrected chi connectivity index (χ1v) is 6.35. The molecular formula is C13H20N2O3. The lowest BCUT2D eigenvalue weighted by molar-refractivity contribution is 0.0678. The van der Waals surface area contributed by atoms with Crippen LogP contribution in [0.2, 0.25) is 0 Å². The van der Waals surface area contributed by atoms with Crippen LogP contribution in [0.4, 0.5) is 0 Å². The van der Waals surface area contributed by atoms with E-state index in [9.17, 15) is 4.79 Å². The quantitative estimate of drug-likeness (QED) is 0.824. The van der Waals surface area contributed by atoms with Crippen LogP contribution in [-0.2, 0) is 4.74 Å². The summed E-state index contributed by atoms with van der Waals surface area (Å²) in [5, 5.41) is 3.41. The monoisotopic (exact) mass is 252 g/mol. The van der Waals surface area contributed by atoms with Crippen molar-refractivity contribution in [2.75, 3.05) is 33.4 Å². The predicted octanol–water partition coefficient (Wildman–Crippen LogP) is 1.12. The van der Waals surface area contributed by atoms with Gasteiger partial charge in [-0.25, -0.2) is 0 Å². The highest BCUT2D eigenvalue weighted by Crippen LogP contribution is 2.11. The topological polar surface area (TPSA) is 54.7 Å². The van der Waals surface area contributed by atoms with Gasteiger partial charge in [0.1, 0.15) is 6.26 Å². The van der Waals surface area contributed by atoms with Gasteiger partial charge in [0, 0.05) is 26.2 Å². The van der Waals surface area contributed by atoms with Gasteiger partial charge in [-0.2, -0.15) is 0 Å². The Balaban J connectivity index is 1.96. The molecule has 2 rings (SSSR count). The van der Waals surface area contributed by atoms with Gasteiger partial charge in [-0.3, -0.25) is 4.79 Å². The number of hydrogen-bond acceptors (Lipinski definition) is 4. The van der Waals surface area contributed by atoms with Gasteiger partial charge in [0.2, 0.25) is 0 Å². The fraction of sp³-hybridized carbons (Fsp3) is 0.615. The molecule has 1 N–H and O–H groups in total. The molecule has 1 aromatic rings. The highest BCUT2D eigenvalue weighted by atomic mass is 16.5. The number of rotatable bonds is 6. The maximum Gasteiger partial charge on any atom is 0.257 e. The minimum atomic E-state index is 0.00880. The van der Waals surface area contributed by atoms with E-state index in [1.54, 1.807) is 13.2 Å². The Kier molecular flexibility index (Phi) is 4.78. The van der Waals surface area contributed by atoms with Gasteiger partial charge in [0.15, 0.2) is 0 Å². The van der Waals surface area contributed by atoms with Crippen LogP contribution in [0.3, 0.4) is 0 Å². The van der Waals surface area contributed by atoms with Gasteiger partial charge in [-0.1, -0.05) is 0 Å². The SMILES string of the molecule is COCCN(CC1CCCN1)C(=O)c1ccoc1. The minimum absolute atomic E-state index is 0.00880. The zero-order valence-electron chi connectivity index (χ0n) is 10.7. The maximum atomic E-state index is 12.3. The van der Waals surface area contributed by atoms with E-state index < -0.39 is 0 Å². The van der Waals surface area contributed by atoms with E-state index in [1.165, 1.54) is 18.9 Å². The number of carbonyl (C=O) groups excluding carboxylic acids is 1. The van der Waals surface area contributed by atoms with Crippen LogP contribution in [-0.4, -0.2) is 50.2 Å². The fourth-order valence-corrected chi connectivity index (χ4v) is 2.22. The third-order valence-electron chi connectivity index (χ3n) is 3.22. The van der Waals surface area contributed by atoms with Crippen molar-refractivity contribution in [3.8, 4) is 0 Å². The van der Waals surface area contributed by atoms with Crippen molar-refractivity contribution in [1.29, 1.82) is 0 Å². The fourth-order valence-electron chi connectivity index (χ4n) is 2.22. The molecule has 0 saturated carbocycles. The Morgan fingerprint density at radius 2 is 2.56 bits per heavy atom. The Morgan fingerprint density at radius 3 is 3.17 bits per heavy atom. The summed E-state index contributed by atoms with van der Waals surface area (Å²) < 4.78 is 10.0. The lowest BCUT2D eigenvalue weighted by Gasteiger charge is -2.25. The van der Waals surface area contributed by atoms with Crippen LogP contribution >= 0.6 is 0 Å². The maximum absolute atomic E-state index is 12.3. The average Bonchev–Trinajstić information content (AvgIpc) is 3.06. The Bertz CT molecular complexity index is 358. The lowest BCUT2D eigenvalue weighted by atomic mass is 10.2. The van der Waals surface area contributed by atoms with E-state index in [0.29, 0.717) is 24.8 Å². The molecule has 0 bridgehead atoms. The number of hydrogen-bond donors (Lipinski definition) is 1. The van der Waals surface area contributed by atoms with Crippen LogP contribution < -0.4 is 5.32 Å². The number of nitrogens with zero attached hydrogens (tertiary/aromatic N) is 1. The van der Waals surface area contributed by atoms with Gasteiger partial charge in [0.25, 0.3) is 5.91 Å². The van der Waals surface area contributed by atoms with Gasteiger partial charge in [-0.15, -0.1) is 0 Å². The van der Waals surface area contributed by atoms with Crippen LogP contribution in [0.15, 0.2) is 23.0 Å². The number of ether oxygens (including phenoxy) is 1. The highest BCUT2D eigenvalue weighted by molar-refractivity contribution is 5.93. The molecule has 1 atom stereocenters. The van der Waals surface area contributed by atoms with E-state index in [0.717, 1.165) is 19.5 Å². The average molecular weight is 252 g/mol. The molecule has 1 unspecified atom stereocenters. The van der Waals surface area contributed by atoms with Crippen molar-refractivity contribution >= 4 is 5.91 Å². The first kappa shape index (κ1) is 13.1. The van der Waals surface area contributed by atoms with Crippen molar-refractivity contribution in [3.63, 3.8) is 0 Å². The number of methoxy groups -OCH3 is 1. The van der Waals surface area contributed by atoms with E-state index in [-0.39, 0.29) is 5.91 Å². The van der Waals surface area contributed by atoms with Gasteiger partial charge < -0.3 is 19.4 Å². The van der Waals surface area contributed by atoms with Crippen LogP contribution in [0, 0.1) is 0 Å². The summed E-state index contributed by atoms with van der Waals surface area (Å²) in [7, 11) is 1.65. The number of furan rings is 1. The molecule has 0 aliphatic carbocycles. The molecule has 100 valence electrons. The first-order valence-electron chi connectivity index (χ1n) is 6.35. The molecule has 1 amide bonds. The van der Waals surface area contributed by atoms with E-state index >= 15 is 0 Å². The van der Waals surface area contributed by atoms with Gasteiger partial charge >= 0.3 is 0 Å². The van der Waals surface area contributed by atoms with Crippen LogP contribution in [0.25, 0.3) is 0 Å². The molecule has 18 heavy (non-hydrogen) atoms. The molecule has 1 saturated heterocycles. The van der Waals surface area contributed by atoms with E-state index in [2.05, 4.69) is 5.32 Å². The summed E-state index contributed by atoms with van der Waals surface area (Å²) in [6.07, 6.45) is 5.32. The third-order valence-corrected chi connectivity index (χ3v) is 3.22. The number of amides is 1. The summed E-state index contributed by atoms with van der Waals surface area (Å²) >= 11 is 0. The molecule has 0 aromatic carbocycles. The van der Waals surface area contributed by atoms with Crippen molar-refractivity contribution in [3.05, 3.63) is 24.2 Å². The van der Waals surface area contributed by atoms with Gasteiger partial charge in [-0.05, 0) is 25.5 Å². The Labute approximate surface area is 107 Å². The molecule has 5 heteroatoms. The summed E-state index contributed by atoms with van der Waals surface area (Å²) in [6.45, 7) is 2.94. The molecule has 5 nitrogen and oxygen atoms in total. The molecule has 0 radical (unpaired) electrons. The summed E-state index contributed by atoms with van der Waals surface area (Å²) in [5.74, 6) is 0.00880. The number of carbonyl (C=O) groups is 1. The molecule has 2 heterocycles. The standard InChI is InChI=1S/C13H20N2O3/c1-17-8-6-15(9-12-3-2-5-14-12)13(16)11-4-7-18-10-11/h4,7,10,12,14H,2-3,5-6,8-9H2,1H3. The number of nitrogens with one attached hydrogen (secondary N) is 1. The second kappa shape index (κ2) is 6.56. The summed E-state index contributed by atoms with van der Waals surface area (Å²) in [5.41, 5.74) is 0.601. The predicted molar refractivity (Wildman–Crippen MR) is 67.5 cm³/mol. The second-order valence-corrected chi connectivity index (χ2v) is 4.55. The summed E-state index contributed by atoms with van der Waals surface area (Å²) in [6, 6.07) is 2.10. The minimum Gasteiger partial charge on any atom is -0.472 e. The molecular weight excluding hydrogens is 232 g/mol. The third kappa shape index (κ3) is 3.34. The van der Waals surface area contributed by atoms with Crippen molar-refractivity contribution < 1.29 is 13.9 Å². The van der Waals surface area contributed by atoms with Crippen LogP contribution in [0.1, 0.15) is 23.2 Å². The first-order chi connectivity index (χ1) is 8.81. The largest absolute Gasteiger partial charge is 0.472 e. The second-order valence-electron chi connectivity index (χ2n) is 4.55. The van der Waals surface area contributed by atoms with Crippen molar-refractivity contribution in [2.24, 2.45) is 0 Å². The van der Waals surface area contributed by atoms with Gasteiger partial charge in [0.05, 0.1) is 18.4 Å². The molecule has 1 aliphatic heterocycles. The zero-order chi connectivity index (χ0) is 12.8. The normalized spacial score (nSPS) is 19.1. The molecule has 1 fully saturated rings. The van der Waals surface area contributed by atoms with E-state index in [1.807, 2.05) is 4.90 Å². The lowest BCUT2D eigenvalue weighted by Crippen LogP contribution is -2.42. The van der Waals surface area contributed by atoms with E-state index in [4.69, 9.17) is 9.15 Å². The molecule has 0 spiro atoms. The van der Waals surface area contributed by atoms with Crippen molar-refractivity contribution in [2.45, 2.75) is 18.9 Å². The Hall–Kier alpha value is -1.33. The Morgan fingerprint density at radius 1 is 1.67 bits per heavy atom. The molecule has 1 aromatic heterocycles. The highest BCUT2D eigenvalue weighted by Gasteiger charge is 2.22. The van der Waals surface area contributed by atoms with Crippen molar-refractivity contribution in [1.82, 2.24) is 10.2 Å². The summed E-state index contributed by atoms with van der Waals surface area (Å²) in [4.78, 5) is 14.1. The van der Waals surface area contributed by atoms with Crippen LogP contribution in [0.5, 0.6) is 0 Å². The zero-order valence-corrected chi connectivity index (χ0v) is 10.7. The molecule has 1 aliphatic rings. The smallest absolute Gasteiger partial charge is 0.257 e.